The monoisotopic (exact) mass is 442 g/mol. The predicted octanol–water partition coefficient (Wildman–Crippen LogP) is 4.32. The molecule has 0 bridgehead atoms. The van der Waals surface area contributed by atoms with Crippen LogP contribution >= 0.6 is 46.1 Å². The Hall–Kier alpha value is -1.02. The van der Waals surface area contributed by atoms with Gasteiger partial charge in [0.1, 0.15) is 11.2 Å². The lowest BCUT2D eigenvalue weighted by Gasteiger charge is -2.28. The average molecular weight is 444 g/mol. The maximum atomic E-state index is 12.3. The molecular weight excluding hydrogens is 423 g/mol. The lowest BCUT2D eigenvalue weighted by molar-refractivity contribution is -0.124. The zero-order chi connectivity index (χ0) is 20.2. The molecule has 6 nitrogen and oxygen atoms in total. The number of alkyl halides is 3. The van der Waals surface area contributed by atoms with Gasteiger partial charge in [0.25, 0.3) is 0 Å². The van der Waals surface area contributed by atoms with Crippen molar-refractivity contribution in [2.24, 2.45) is 5.92 Å². The molecule has 1 atom stereocenters. The minimum Gasteiger partial charge on any atom is -0.462 e. The molecule has 2 N–H and O–H groups in total. The first-order chi connectivity index (χ1) is 11.9. The fraction of sp³-hybridized carbons (Fsp3) is 0.562. The molecule has 0 aliphatic carbocycles. The van der Waals surface area contributed by atoms with Crippen LogP contribution in [0.4, 0.5) is 5.00 Å². The molecule has 1 rings (SSSR count). The van der Waals surface area contributed by atoms with Gasteiger partial charge in [0.2, 0.25) is 9.70 Å². The van der Waals surface area contributed by atoms with Crippen LogP contribution in [0.25, 0.3) is 0 Å². The van der Waals surface area contributed by atoms with E-state index in [0.29, 0.717) is 10.4 Å². The normalized spacial score (nSPS) is 12.7. The minimum atomic E-state index is -1.90. The largest absolute Gasteiger partial charge is 0.462 e. The molecule has 0 aromatic carbocycles. The van der Waals surface area contributed by atoms with E-state index < -0.39 is 15.9 Å². The Labute approximate surface area is 171 Å². The van der Waals surface area contributed by atoms with E-state index in [2.05, 4.69) is 10.6 Å². The molecule has 26 heavy (non-hydrogen) atoms. The summed E-state index contributed by atoms with van der Waals surface area (Å²) >= 11 is 19.0. The Morgan fingerprint density at radius 3 is 2.23 bits per heavy atom. The fourth-order valence-electron chi connectivity index (χ4n) is 2.04. The Kier molecular flexibility index (Phi) is 8.20. The van der Waals surface area contributed by atoms with Crippen LogP contribution in [-0.4, -0.2) is 34.2 Å². The molecule has 146 valence electrons. The molecule has 1 amide bonds. The summed E-state index contributed by atoms with van der Waals surface area (Å²) in [6, 6.07) is 0. The number of ether oxygens (including phenoxy) is 1. The van der Waals surface area contributed by atoms with E-state index in [0.717, 1.165) is 11.3 Å². The van der Waals surface area contributed by atoms with Crippen LogP contribution in [0.2, 0.25) is 0 Å². The van der Waals surface area contributed by atoms with E-state index in [1.54, 1.807) is 27.7 Å². The summed E-state index contributed by atoms with van der Waals surface area (Å²) in [6.07, 6.45) is -1.12. The molecular formula is C16H21Cl3N2O4S. The highest BCUT2D eigenvalue weighted by atomic mass is 35.6. The molecule has 0 unspecified atom stereocenters. The zero-order valence-electron chi connectivity index (χ0n) is 15.0. The van der Waals surface area contributed by atoms with Crippen molar-refractivity contribution in [2.75, 3.05) is 11.9 Å². The molecule has 10 heteroatoms. The number of Topliss-reactive ketones (excluding diaryl/α,β-unsaturated/α-hetero) is 1. The van der Waals surface area contributed by atoms with Crippen molar-refractivity contribution in [3.63, 3.8) is 0 Å². The zero-order valence-corrected chi connectivity index (χ0v) is 18.1. The maximum absolute atomic E-state index is 12.3. The third kappa shape index (κ3) is 5.74. The SMILES string of the molecule is CCOC(=O)c1c(N[C@@H](NC(=O)C(C)C)C(Cl)(Cl)Cl)sc(C(C)=O)c1C. The number of anilines is 1. The molecule has 0 aliphatic heterocycles. The Bertz CT molecular complexity index is 698. The summed E-state index contributed by atoms with van der Waals surface area (Å²) in [5, 5.41) is 5.74. The fourth-order valence-corrected chi connectivity index (χ4v) is 3.49. The van der Waals surface area contributed by atoms with E-state index in [-0.39, 0.29) is 34.8 Å². The van der Waals surface area contributed by atoms with Crippen LogP contribution in [0.5, 0.6) is 0 Å². The van der Waals surface area contributed by atoms with Crippen LogP contribution < -0.4 is 10.6 Å². The van der Waals surface area contributed by atoms with E-state index in [9.17, 15) is 14.4 Å². The van der Waals surface area contributed by atoms with Crippen molar-refractivity contribution in [1.82, 2.24) is 5.32 Å². The highest BCUT2D eigenvalue weighted by Crippen LogP contribution is 2.38. The van der Waals surface area contributed by atoms with Gasteiger partial charge in [0.05, 0.1) is 17.0 Å². The maximum Gasteiger partial charge on any atom is 0.341 e. The molecule has 1 aromatic heterocycles. The molecule has 0 saturated heterocycles. The van der Waals surface area contributed by atoms with Crippen molar-refractivity contribution in [2.45, 2.75) is 44.6 Å². The van der Waals surface area contributed by atoms with Crippen molar-refractivity contribution < 1.29 is 19.1 Å². The number of halogens is 3. The quantitative estimate of drug-likeness (QED) is 0.284. The number of amides is 1. The van der Waals surface area contributed by atoms with E-state index in [1.165, 1.54) is 6.92 Å². The van der Waals surface area contributed by atoms with Crippen LogP contribution in [0.3, 0.4) is 0 Å². The van der Waals surface area contributed by atoms with Crippen LogP contribution in [0.1, 0.15) is 53.3 Å². The van der Waals surface area contributed by atoms with Gasteiger partial charge in [0.15, 0.2) is 5.78 Å². The van der Waals surface area contributed by atoms with Crippen LogP contribution in [0.15, 0.2) is 0 Å². The van der Waals surface area contributed by atoms with Crippen molar-refractivity contribution >= 4 is 68.8 Å². The summed E-state index contributed by atoms with van der Waals surface area (Å²) in [5.74, 6) is -1.49. The number of hydrogen-bond donors (Lipinski definition) is 2. The third-order valence-corrected chi connectivity index (χ3v) is 5.34. The highest BCUT2D eigenvalue weighted by molar-refractivity contribution is 7.18. The molecule has 0 spiro atoms. The van der Waals surface area contributed by atoms with Gasteiger partial charge in [-0.25, -0.2) is 4.79 Å². The molecule has 1 heterocycles. The number of nitrogens with one attached hydrogen (secondary N) is 2. The molecule has 0 radical (unpaired) electrons. The second-order valence-corrected chi connectivity index (χ2v) is 9.21. The van der Waals surface area contributed by atoms with E-state index >= 15 is 0 Å². The van der Waals surface area contributed by atoms with E-state index in [1.807, 2.05) is 0 Å². The molecule has 0 saturated carbocycles. The van der Waals surface area contributed by atoms with Crippen molar-refractivity contribution in [3.05, 3.63) is 16.0 Å². The van der Waals surface area contributed by atoms with E-state index in [4.69, 9.17) is 39.5 Å². The number of carbonyl (C=O) groups excluding carboxylic acids is 3. The summed E-state index contributed by atoms with van der Waals surface area (Å²) in [7, 11) is 0. The first-order valence-electron chi connectivity index (χ1n) is 7.85. The third-order valence-electron chi connectivity index (χ3n) is 3.36. The number of thiophene rings is 1. The van der Waals surface area contributed by atoms with Gasteiger partial charge in [-0.15, -0.1) is 11.3 Å². The summed E-state index contributed by atoms with van der Waals surface area (Å²) in [4.78, 5) is 36.6. The van der Waals surface area contributed by atoms with Gasteiger partial charge < -0.3 is 15.4 Å². The van der Waals surface area contributed by atoms with Gasteiger partial charge in [-0.3, -0.25) is 9.59 Å². The summed E-state index contributed by atoms with van der Waals surface area (Å²) < 4.78 is 3.16. The Morgan fingerprint density at radius 2 is 1.81 bits per heavy atom. The number of hydrogen-bond acceptors (Lipinski definition) is 6. The molecule has 0 fully saturated rings. The molecule has 0 aliphatic rings. The summed E-state index contributed by atoms with van der Waals surface area (Å²) in [6.45, 7) is 8.26. The average Bonchev–Trinajstić information content (AvgIpc) is 2.82. The van der Waals surface area contributed by atoms with Gasteiger partial charge in [-0.05, 0) is 26.3 Å². The lowest BCUT2D eigenvalue weighted by atomic mass is 10.1. The van der Waals surface area contributed by atoms with Crippen LogP contribution in [-0.2, 0) is 9.53 Å². The lowest BCUT2D eigenvalue weighted by Crippen LogP contribution is -2.50. The van der Waals surface area contributed by atoms with Gasteiger partial charge >= 0.3 is 5.97 Å². The van der Waals surface area contributed by atoms with Crippen molar-refractivity contribution in [1.29, 1.82) is 0 Å². The summed E-state index contributed by atoms with van der Waals surface area (Å²) in [5.41, 5.74) is 0.654. The first-order valence-corrected chi connectivity index (χ1v) is 9.80. The van der Waals surface area contributed by atoms with Gasteiger partial charge in [-0.2, -0.15) is 0 Å². The first kappa shape index (κ1) is 23.0. The smallest absolute Gasteiger partial charge is 0.341 e. The second kappa shape index (κ2) is 9.26. The number of esters is 1. The Balaban J connectivity index is 3.33. The standard InChI is InChI=1S/C16H21Cl3N2O4S/c1-6-25-14(24)10-8(4)11(9(5)22)26-13(10)21-15(16(17,18)19)20-12(23)7(2)3/h7,15,21H,6H2,1-5H3,(H,20,23)/t15-/m1/s1. The van der Waals surface area contributed by atoms with Crippen LogP contribution in [0, 0.1) is 12.8 Å². The number of carbonyl (C=O) groups is 3. The topological polar surface area (TPSA) is 84.5 Å². The molecule has 1 aromatic rings. The van der Waals surface area contributed by atoms with Crippen molar-refractivity contribution in [3.8, 4) is 0 Å². The highest BCUT2D eigenvalue weighted by Gasteiger charge is 2.36. The number of ketones is 1. The predicted molar refractivity (Wildman–Crippen MR) is 106 cm³/mol. The van der Waals surface area contributed by atoms with Gasteiger partial charge in [0, 0.05) is 5.92 Å². The second-order valence-electron chi connectivity index (χ2n) is 5.82. The minimum absolute atomic E-state index is 0.168. The van der Waals surface area contributed by atoms with Gasteiger partial charge in [-0.1, -0.05) is 48.7 Å². The Morgan fingerprint density at radius 1 is 1.23 bits per heavy atom. The number of rotatable bonds is 7.